The topological polar surface area (TPSA) is 63.1 Å². The minimum Gasteiger partial charge on any atom is -0.331 e. The molecule has 0 saturated carbocycles. The molecule has 0 aliphatic carbocycles. The lowest BCUT2D eigenvalue weighted by Gasteiger charge is -2.33. The normalized spacial score (nSPS) is 16.6. The van der Waals surface area contributed by atoms with Gasteiger partial charge < -0.3 is 10.2 Å². The van der Waals surface area contributed by atoms with Crippen LogP contribution in [0.3, 0.4) is 0 Å². The number of hydrogen-bond acceptors (Lipinski definition) is 3. The van der Waals surface area contributed by atoms with Crippen LogP contribution in [0, 0.1) is 5.92 Å². The molecule has 3 rings (SSSR count). The molecule has 0 spiro atoms. The number of amides is 2. The van der Waals surface area contributed by atoms with Gasteiger partial charge in [0.05, 0.1) is 6.04 Å². The standard InChI is InChI=1S/C19H27N5O/c1-2-18(17-5-3-9-20-15-17)22-19(25)23-12-6-16(7-13-23)8-14-24-11-4-10-21-24/h3-5,9-11,15-16,18H,2,6-8,12-14H2,1H3,(H,22,25)/t18-/m0/s1. The van der Waals surface area contributed by atoms with Gasteiger partial charge in [0.25, 0.3) is 0 Å². The summed E-state index contributed by atoms with van der Waals surface area (Å²) in [5.74, 6) is 0.675. The molecule has 3 heterocycles. The van der Waals surface area contributed by atoms with Gasteiger partial charge in [0.2, 0.25) is 0 Å². The van der Waals surface area contributed by atoms with E-state index in [0.717, 1.165) is 50.9 Å². The third-order valence-corrected chi connectivity index (χ3v) is 5.02. The molecule has 0 radical (unpaired) electrons. The molecule has 0 unspecified atom stereocenters. The van der Waals surface area contributed by atoms with E-state index in [1.54, 1.807) is 6.20 Å². The van der Waals surface area contributed by atoms with Crippen molar-refractivity contribution in [1.29, 1.82) is 0 Å². The number of carbonyl (C=O) groups excluding carboxylic acids is 1. The van der Waals surface area contributed by atoms with Crippen molar-refractivity contribution in [1.82, 2.24) is 25.0 Å². The third-order valence-electron chi connectivity index (χ3n) is 5.02. The summed E-state index contributed by atoms with van der Waals surface area (Å²) in [6.07, 6.45) is 11.5. The van der Waals surface area contributed by atoms with Crippen molar-refractivity contribution in [2.75, 3.05) is 13.1 Å². The molecule has 1 N–H and O–H groups in total. The Balaban J connectivity index is 1.44. The zero-order valence-electron chi connectivity index (χ0n) is 14.8. The van der Waals surface area contributed by atoms with Gasteiger partial charge in [-0.3, -0.25) is 9.67 Å². The van der Waals surface area contributed by atoms with Crippen LogP contribution in [0.4, 0.5) is 4.79 Å². The van der Waals surface area contributed by atoms with E-state index >= 15 is 0 Å². The van der Waals surface area contributed by atoms with Crippen LogP contribution in [0.2, 0.25) is 0 Å². The Morgan fingerprint density at radius 2 is 2.16 bits per heavy atom. The molecule has 1 atom stereocenters. The molecule has 2 aromatic heterocycles. The molecular weight excluding hydrogens is 314 g/mol. The maximum absolute atomic E-state index is 12.6. The van der Waals surface area contributed by atoms with Crippen molar-refractivity contribution in [3.63, 3.8) is 0 Å². The Morgan fingerprint density at radius 3 is 2.80 bits per heavy atom. The number of likely N-dealkylation sites (tertiary alicyclic amines) is 1. The number of hydrogen-bond donors (Lipinski definition) is 1. The summed E-state index contributed by atoms with van der Waals surface area (Å²) in [6, 6.07) is 5.96. The van der Waals surface area contributed by atoms with E-state index in [0.29, 0.717) is 5.92 Å². The van der Waals surface area contributed by atoms with Crippen LogP contribution < -0.4 is 5.32 Å². The zero-order valence-corrected chi connectivity index (χ0v) is 14.8. The largest absolute Gasteiger partial charge is 0.331 e. The van der Waals surface area contributed by atoms with Crippen molar-refractivity contribution in [3.8, 4) is 0 Å². The molecule has 2 amide bonds. The Kier molecular flexibility index (Phi) is 6.04. The van der Waals surface area contributed by atoms with E-state index in [4.69, 9.17) is 0 Å². The molecule has 1 aliphatic heterocycles. The lowest BCUT2D eigenvalue weighted by Crippen LogP contribution is -2.45. The van der Waals surface area contributed by atoms with Crippen molar-refractivity contribution < 1.29 is 4.79 Å². The minimum atomic E-state index is 0.0266. The van der Waals surface area contributed by atoms with E-state index in [-0.39, 0.29) is 12.1 Å². The van der Waals surface area contributed by atoms with Gasteiger partial charge in [-0.05, 0) is 49.3 Å². The summed E-state index contributed by atoms with van der Waals surface area (Å²) in [5.41, 5.74) is 1.06. The Morgan fingerprint density at radius 1 is 1.32 bits per heavy atom. The first kappa shape index (κ1) is 17.5. The van der Waals surface area contributed by atoms with Crippen molar-refractivity contribution in [3.05, 3.63) is 48.5 Å². The number of piperidine rings is 1. The predicted molar refractivity (Wildman–Crippen MR) is 96.9 cm³/mol. The molecule has 2 aromatic rings. The number of rotatable bonds is 6. The number of aromatic nitrogens is 3. The highest BCUT2D eigenvalue weighted by Gasteiger charge is 2.24. The predicted octanol–water partition coefficient (Wildman–Crippen LogP) is 3.24. The molecule has 1 fully saturated rings. The fourth-order valence-electron chi connectivity index (χ4n) is 3.42. The lowest BCUT2D eigenvalue weighted by atomic mass is 9.94. The summed E-state index contributed by atoms with van der Waals surface area (Å²) in [4.78, 5) is 18.7. The van der Waals surface area contributed by atoms with Gasteiger partial charge in [0, 0.05) is 44.4 Å². The number of urea groups is 1. The van der Waals surface area contributed by atoms with Crippen LogP contribution in [-0.4, -0.2) is 38.8 Å². The van der Waals surface area contributed by atoms with Gasteiger partial charge in [0.1, 0.15) is 0 Å². The van der Waals surface area contributed by atoms with Crippen LogP contribution in [0.5, 0.6) is 0 Å². The molecule has 1 aliphatic rings. The fourth-order valence-corrected chi connectivity index (χ4v) is 3.42. The zero-order chi connectivity index (χ0) is 17.5. The molecule has 6 heteroatoms. The first-order valence-corrected chi connectivity index (χ1v) is 9.19. The highest BCUT2D eigenvalue weighted by molar-refractivity contribution is 5.74. The summed E-state index contributed by atoms with van der Waals surface area (Å²) in [5, 5.41) is 7.41. The van der Waals surface area contributed by atoms with Gasteiger partial charge in [-0.25, -0.2) is 4.79 Å². The van der Waals surface area contributed by atoms with E-state index in [1.807, 2.05) is 46.4 Å². The first-order valence-electron chi connectivity index (χ1n) is 9.19. The van der Waals surface area contributed by atoms with Crippen LogP contribution in [0.25, 0.3) is 0 Å². The molecule has 0 bridgehead atoms. The van der Waals surface area contributed by atoms with Crippen molar-refractivity contribution in [2.24, 2.45) is 5.92 Å². The van der Waals surface area contributed by atoms with E-state index in [1.165, 1.54) is 0 Å². The Bertz CT molecular complexity index is 635. The highest BCUT2D eigenvalue weighted by atomic mass is 16.2. The van der Waals surface area contributed by atoms with Crippen LogP contribution in [0.15, 0.2) is 43.0 Å². The van der Waals surface area contributed by atoms with E-state index in [9.17, 15) is 4.79 Å². The number of nitrogens with zero attached hydrogens (tertiary/aromatic N) is 4. The molecule has 1 saturated heterocycles. The highest BCUT2D eigenvalue weighted by Crippen LogP contribution is 2.22. The van der Waals surface area contributed by atoms with Gasteiger partial charge in [-0.2, -0.15) is 5.10 Å². The second kappa shape index (κ2) is 8.65. The quantitative estimate of drug-likeness (QED) is 0.877. The van der Waals surface area contributed by atoms with Crippen LogP contribution in [-0.2, 0) is 6.54 Å². The molecular formula is C19H27N5O. The monoisotopic (exact) mass is 341 g/mol. The third kappa shape index (κ3) is 4.81. The van der Waals surface area contributed by atoms with Crippen LogP contribution in [0.1, 0.15) is 44.2 Å². The maximum atomic E-state index is 12.6. The number of carbonyl (C=O) groups is 1. The van der Waals surface area contributed by atoms with E-state index < -0.39 is 0 Å². The Labute approximate surface area is 149 Å². The van der Waals surface area contributed by atoms with Gasteiger partial charge in [-0.1, -0.05) is 13.0 Å². The van der Waals surface area contributed by atoms with Crippen LogP contribution >= 0.6 is 0 Å². The Hall–Kier alpha value is -2.37. The minimum absolute atomic E-state index is 0.0266. The summed E-state index contributed by atoms with van der Waals surface area (Å²) >= 11 is 0. The molecule has 6 nitrogen and oxygen atoms in total. The first-order chi connectivity index (χ1) is 12.3. The average molecular weight is 341 g/mol. The smallest absolute Gasteiger partial charge is 0.317 e. The number of aryl methyl sites for hydroxylation is 1. The number of nitrogens with one attached hydrogen (secondary N) is 1. The molecule has 25 heavy (non-hydrogen) atoms. The molecule has 134 valence electrons. The van der Waals surface area contributed by atoms with Gasteiger partial charge in [0.15, 0.2) is 0 Å². The summed E-state index contributed by atoms with van der Waals surface area (Å²) in [7, 11) is 0. The van der Waals surface area contributed by atoms with E-state index in [2.05, 4.69) is 22.3 Å². The lowest BCUT2D eigenvalue weighted by molar-refractivity contribution is 0.163. The van der Waals surface area contributed by atoms with Gasteiger partial charge >= 0.3 is 6.03 Å². The fraction of sp³-hybridized carbons (Fsp3) is 0.526. The maximum Gasteiger partial charge on any atom is 0.317 e. The second-order valence-electron chi connectivity index (χ2n) is 6.68. The SMILES string of the molecule is CC[C@H](NC(=O)N1CCC(CCn2cccn2)CC1)c1cccnc1. The number of pyridine rings is 1. The second-order valence-corrected chi connectivity index (χ2v) is 6.68. The van der Waals surface area contributed by atoms with Crippen molar-refractivity contribution in [2.45, 2.75) is 45.2 Å². The average Bonchev–Trinajstić information content (AvgIpc) is 3.19. The van der Waals surface area contributed by atoms with Crippen molar-refractivity contribution >= 4 is 6.03 Å². The molecule has 0 aromatic carbocycles. The van der Waals surface area contributed by atoms with Gasteiger partial charge in [-0.15, -0.1) is 0 Å². The summed E-state index contributed by atoms with van der Waals surface area (Å²) < 4.78 is 1.98. The summed E-state index contributed by atoms with van der Waals surface area (Å²) in [6.45, 7) is 4.71.